The number of nitrogens with zero attached hydrogens (tertiary/aromatic N) is 2. The summed E-state index contributed by atoms with van der Waals surface area (Å²) in [6.45, 7) is 6.00. The van der Waals surface area contributed by atoms with Crippen LogP contribution in [0, 0.1) is 6.92 Å². The minimum Gasteiger partial charge on any atom is -0.395 e. The highest BCUT2D eigenvalue weighted by atomic mass is 79.9. The Balaban J connectivity index is 1.99. The van der Waals surface area contributed by atoms with Crippen LogP contribution in [0.4, 0.5) is 0 Å². The highest BCUT2D eigenvalue weighted by Crippen LogP contribution is 2.19. The number of halogens is 1. The van der Waals surface area contributed by atoms with E-state index in [9.17, 15) is 4.79 Å². The first kappa shape index (κ1) is 14.5. The molecule has 1 aliphatic heterocycles. The molecule has 104 valence electrons. The standard InChI is InChI=1S/C14H19BrN2O2/c1-11-2-3-12(10-13(11)15)14(19)17-6-4-16(5-7-17)8-9-18/h2-3,10,18H,4-9H2,1H3. The quantitative estimate of drug-likeness (QED) is 0.915. The van der Waals surface area contributed by atoms with Crippen molar-refractivity contribution in [1.29, 1.82) is 0 Å². The van der Waals surface area contributed by atoms with Crippen molar-refractivity contribution in [3.8, 4) is 0 Å². The number of piperazine rings is 1. The Morgan fingerprint density at radius 2 is 2.00 bits per heavy atom. The molecule has 5 heteroatoms. The molecule has 0 aliphatic carbocycles. The zero-order valence-corrected chi connectivity index (χ0v) is 12.7. The van der Waals surface area contributed by atoms with Crippen molar-refractivity contribution < 1.29 is 9.90 Å². The lowest BCUT2D eigenvalue weighted by Gasteiger charge is -2.34. The molecule has 0 atom stereocenters. The normalized spacial score (nSPS) is 16.7. The molecular formula is C14H19BrN2O2. The molecule has 2 rings (SSSR count). The largest absolute Gasteiger partial charge is 0.395 e. The number of aliphatic hydroxyl groups is 1. The van der Waals surface area contributed by atoms with Gasteiger partial charge in [0.1, 0.15) is 0 Å². The van der Waals surface area contributed by atoms with Gasteiger partial charge in [0.2, 0.25) is 0 Å². The van der Waals surface area contributed by atoms with Crippen LogP contribution in [0.2, 0.25) is 0 Å². The number of aliphatic hydroxyl groups excluding tert-OH is 1. The maximum absolute atomic E-state index is 12.4. The van der Waals surface area contributed by atoms with Gasteiger partial charge in [0.25, 0.3) is 5.91 Å². The van der Waals surface area contributed by atoms with Gasteiger partial charge >= 0.3 is 0 Å². The molecule has 1 aromatic rings. The summed E-state index contributed by atoms with van der Waals surface area (Å²) in [7, 11) is 0. The summed E-state index contributed by atoms with van der Waals surface area (Å²) in [6, 6.07) is 5.72. The molecule has 0 radical (unpaired) electrons. The number of aryl methyl sites for hydroxylation is 1. The molecule has 1 fully saturated rings. The summed E-state index contributed by atoms with van der Waals surface area (Å²) in [5, 5.41) is 8.90. The fraction of sp³-hybridized carbons (Fsp3) is 0.500. The molecular weight excluding hydrogens is 308 g/mol. The van der Waals surface area contributed by atoms with Crippen molar-refractivity contribution in [1.82, 2.24) is 9.80 Å². The van der Waals surface area contributed by atoms with Crippen LogP contribution in [0.1, 0.15) is 15.9 Å². The predicted molar refractivity (Wildman–Crippen MR) is 78.3 cm³/mol. The van der Waals surface area contributed by atoms with E-state index in [1.165, 1.54) is 0 Å². The molecule has 0 saturated carbocycles. The van der Waals surface area contributed by atoms with E-state index < -0.39 is 0 Å². The highest BCUT2D eigenvalue weighted by Gasteiger charge is 2.21. The molecule has 19 heavy (non-hydrogen) atoms. The smallest absolute Gasteiger partial charge is 0.253 e. The van der Waals surface area contributed by atoms with Crippen LogP contribution in [-0.2, 0) is 0 Å². The number of β-amino-alcohol motifs (C(OH)–C–C–N with tert-alkyl or cyclic N) is 1. The van der Waals surface area contributed by atoms with E-state index in [1.807, 2.05) is 30.0 Å². The fourth-order valence-electron chi connectivity index (χ4n) is 2.22. The van der Waals surface area contributed by atoms with E-state index in [-0.39, 0.29) is 12.5 Å². The van der Waals surface area contributed by atoms with Gasteiger partial charge in [-0.25, -0.2) is 0 Å². The van der Waals surface area contributed by atoms with E-state index in [4.69, 9.17) is 5.11 Å². The number of hydrogen-bond donors (Lipinski definition) is 1. The summed E-state index contributed by atoms with van der Waals surface area (Å²) in [4.78, 5) is 16.4. The molecule has 0 unspecified atom stereocenters. The Kier molecular flexibility index (Phi) is 4.96. The second-order valence-corrected chi connectivity index (χ2v) is 5.68. The van der Waals surface area contributed by atoms with Gasteiger partial charge in [-0.2, -0.15) is 0 Å². The summed E-state index contributed by atoms with van der Waals surface area (Å²) in [6.07, 6.45) is 0. The zero-order valence-electron chi connectivity index (χ0n) is 11.1. The van der Waals surface area contributed by atoms with Crippen LogP contribution < -0.4 is 0 Å². The van der Waals surface area contributed by atoms with Crippen LogP contribution in [0.15, 0.2) is 22.7 Å². The maximum Gasteiger partial charge on any atom is 0.253 e. The van der Waals surface area contributed by atoms with Crippen LogP contribution in [0.5, 0.6) is 0 Å². The molecule has 0 aromatic heterocycles. The van der Waals surface area contributed by atoms with E-state index >= 15 is 0 Å². The third kappa shape index (κ3) is 3.55. The van der Waals surface area contributed by atoms with Crippen molar-refractivity contribution in [2.24, 2.45) is 0 Å². The second-order valence-electron chi connectivity index (χ2n) is 4.82. The lowest BCUT2D eigenvalue weighted by Crippen LogP contribution is -2.49. The molecule has 0 bridgehead atoms. The average molecular weight is 327 g/mol. The first-order chi connectivity index (χ1) is 9.11. The summed E-state index contributed by atoms with van der Waals surface area (Å²) in [5.41, 5.74) is 1.86. The van der Waals surface area contributed by atoms with Gasteiger partial charge in [-0.1, -0.05) is 22.0 Å². The van der Waals surface area contributed by atoms with E-state index in [1.54, 1.807) is 0 Å². The van der Waals surface area contributed by atoms with Gasteiger partial charge in [-0.15, -0.1) is 0 Å². The Hall–Kier alpha value is -0.910. The van der Waals surface area contributed by atoms with Crippen molar-refractivity contribution in [3.63, 3.8) is 0 Å². The lowest BCUT2D eigenvalue weighted by molar-refractivity contribution is 0.0615. The van der Waals surface area contributed by atoms with E-state index in [0.717, 1.165) is 41.8 Å². The number of rotatable bonds is 3. The van der Waals surface area contributed by atoms with Crippen LogP contribution in [0.25, 0.3) is 0 Å². The third-order valence-corrected chi connectivity index (χ3v) is 4.35. The Morgan fingerprint density at radius 3 is 2.58 bits per heavy atom. The van der Waals surface area contributed by atoms with Gasteiger partial charge in [-0.05, 0) is 24.6 Å². The number of benzene rings is 1. The average Bonchev–Trinajstić information content (AvgIpc) is 2.42. The van der Waals surface area contributed by atoms with E-state index in [0.29, 0.717) is 6.54 Å². The first-order valence-corrected chi connectivity index (χ1v) is 7.30. The number of carbonyl (C=O) groups excluding carboxylic acids is 1. The molecule has 4 nitrogen and oxygen atoms in total. The molecule has 1 heterocycles. The zero-order chi connectivity index (χ0) is 13.8. The monoisotopic (exact) mass is 326 g/mol. The first-order valence-electron chi connectivity index (χ1n) is 6.50. The summed E-state index contributed by atoms with van der Waals surface area (Å²) in [5.74, 6) is 0.0874. The lowest BCUT2D eigenvalue weighted by atomic mass is 10.1. The molecule has 1 saturated heterocycles. The van der Waals surface area contributed by atoms with Gasteiger partial charge in [0, 0.05) is 42.8 Å². The maximum atomic E-state index is 12.4. The van der Waals surface area contributed by atoms with Crippen molar-refractivity contribution in [2.45, 2.75) is 6.92 Å². The summed E-state index contributed by atoms with van der Waals surface area (Å²) < 4.78 is 0.970. The molecule has 1 aliphatic rings. The summed E-state index contributed by atoms with van der Waals surface area (Å²) >= 11 is 3.46. The van der Waals surface area contributed by atoms with Crippen molar-refractivity contribution in [2.75, 3.05) is 39.3 Å². The predicted octanol–water partition coefficient (Wildman–Crippen LogP) is 1.51. The molecule has 1 amide bonds. The van der Waals surface area contributed by atoms with Crippen LogP contribution in [-0.4, -0.2) is 60.1 Å². The van der Waals surface area contributed by atoms with Crippen molar-refractivity contribution in [3.05, 3.63) is 33.8 Å². The number of hydrogen-bond acceptors (Lipinski definition) is 3. The molecule has 1 N–H and O–H groups in total. The number of carbonyl (C=O) groups is 1. The van der Waals surface area contributed by atoms with Crippen molar-refractivity contribution >= 4 is 21.8 Å². The molecule has 1 aromatic carbocycles. The van der Waals surface area contributed by atoms with Crippen LogP contribution >= 0.6 is 15.9 Å². The minimum atomic E-state index is 0.0874. The Morgan fingerprint density at radius 1 is 1.32 bits per heavy atom. The van der Waals surface area contributed by atoms with Gasteiger partial charge in [-0.3, -0.25) is 9.69 Å². The highest BCUT2D eigenvalue weighted by molar-refractivity contribution is 9.10. The van der Waals surface area contributed by atoms with Gasteiger partial charge in [0.05, 0.1) is 6.61 Å². The minimum absolute atomic E-state index is 0.0874. The van der Waals surface area contributed by atoms with Crippen LogP contribution in [0.3, 0.4) is 0 Å². The molecule has 0 spiro atoms. The Labute approximate surface area is 122 Å². The fourth-order valence-corrected chi connectivity index (χ4v) is 2.60. The SMILES string of the molecule is Cc1ccc(C(=O)N2CCN(CCO)CC2)cc1Br. The third-order valence-electron chi connectivity index (χ3n) is 3.49. The Bertz CT molecular complexity index is 457. The van der Waals surface area contributed by atoms with E-state index in [2.05, 4.69) is 20.8 Å². The topological polar surface area (TPSA) is 43.8 Å². The second kappa shape index (κ2) is 6.50. The van der Waals surface area contributed by atoms with Gasteiger partial charge < -0.3 is 10.0 Å². The number of amides is 1. The van der Waals surface area contributed by atoms with Gasteiger partial charge in [0.15, 0.2) is 0 Å².